The van der Waals surface area contributed by atoms with Crippen molar-refractivity contribution in [3.63, 3.8) is 0 Å². The van der Waals surface area contributed by atoms with Gasteiger partial charge in [-0.15, -0.1) is 0 Å². The maximum absolute atomic E-state index is 5.61. The van der Waals surface area contributed by atoms with Crippen LogP contribution in [0.15, 0.2) is 0 Å². The summed E-state index contributed by atoms with van der Waals surface area (Å²) in [5, 5.41) is 3.54. The second-order valence-electron chi connectivity index (χ2n) is 5.49. The zero-order valence-corrected chi connectivity index (χ0v) is 14.1. The van der Waals surface area contributed by atoms with Crippen LogP contribution in [0.5, 0.6) is 0 Å². The van der Waals surface area contributed by atoms with Gasteiger partial charge in [0.25, 0.3) is 0 Å². The predicted octanol–water partition coefficient (Wildman–Crippen LogP) is 2.46. The van der Waals surface area contributed by atoms with Crippen molar-refractivity contribution in [1.29, 1.82) is 0 Å². The minimum Gasteiger partial charge on any atom is -0.377 e. The molecule has 0 spiro atoms. The molecule has 2 atom stereocenters. The van der Waals surface area contributed by atoms with Crippen LogP contribution in [0.3, 0.4) is 0 Å². The Morgan fingerprint density at radius 1 is 1.39 bits per heavy atom. The Kier molecular flexibility index (Phi) is 9.30. The third-order valence-electron chi connectivity index (χ3n) is 3.75. The molecule has 0 aliphatic rings. The van der Waals surface area contributed by atoms with Gasteiger partial charge in [-0.3, -0.25) is 0 Å². The zero-order chi connectivity index (χ0) is 14.2. The summed E-state index contributed by atoms with van der Waals surface area (Å²) in [6.45, 7) is 10.9. The lowest BCUT2D eigenvalue weighted by atomic mass is 9.95. The van der Waals surface area contributed by atoms with Crippen molar-refractivity contribution < 1.29 is 4.74 Å². The summed E-state index contributed by atoms with van der Waals surface area (Å²) in [5.74, 6) is 1.19. The van der Waals surface area contributed by atoms with Crippen LogP contribution in [0.4, 0.5) is 0 Å². The Labute approximate surface area is 118 Å². The Balaban J connectivity index is 4.26. The molecule has 2 unspecified atom stereocenters. The number of nitrogens with zero attached hydrogens (tertiary/aromatic N) is 1. The Bertz CT molecular complexity index is 212. The largest absolute Gasteiger partial charge is 0.377 e. The second kappa shape index (κ2) is 9.18. The summed E-state index contributed by atoms with van der Waals surface area (Å²) < 4.78 is 5.61. The summed E-state index contributed by atoms with van der Waals surface area (Å²) in [5.41, 5.74) is -0.112. The SMILES string of the molecule is CCNC(CCN(C)C(C)CSC)C(C)(C)OC. The summed E-state index contributed by atoms with van der Waals surface area (Å²) >= 11 is 1.91. The highest BCUT2D eigenvalue weighted by Gasteiger charge is 2.28. The molecular formula is C14H32N2OS. The van der Waals surface area contributed by atoms with Gasteiger partial charge in [0, 0.05) is 24.9 Å². The maximum atomic E-state index is 5.61. The van der Waals surface area contributed by atoms with Crippen molar-refractivity contribution in [3.8, 4) is 0 Å². The van der Waals surface area contributed by atoms with Gasteiger partial charge in [-0.1, -0.05) is 6.92 Å². The molecule has 0 radical (unpaired) electrons. The smallest absolute Gasteiger partial charge is 0.0775 e. The highest BCUT2D eigenvalue weighted by atomic mass is 32.2. The number of thioether (sulfide) groups is 1. The van der Waals surface area contributed by atoms with E-state index in [1.165, 1.54) is 5.75 Å². The van der Waals surface area contributed by atoms with Crippen LogP contribution in [0.1, 0.15) is 34.1 Å². The molecule has 0 amide bonds. The number of rotatable bonds is 10. The average Bonchev–Trinajstić information content (AvgIpc) is 2.34. The van der Waals surface area contributed by atoms with Gasteiger partial charge in [0.05, 0.1) is 5.60 Å². The number of hydrogen-bond donors (Lipinski definition) is 1. The van der Waals surface area contributed by atoms with Crippen molar-refractivity contribution >= 4 is 11.8 Å². The minimum atomic E-state index is -0.112. The molecule has 0 heterocycles. The van der Waals surface area contributed by atoms with Crippen molar-refractivity contribution in [2.45, 2.75) is 51.8 Å². The first-order valence-electron chi connectivity index (χ1n) is 6.86. The molecule has 0 saturated heterocycles. The van der Waals surface area contributed by atoms with Gasteiger partial charge in [0.2, 0.25) is 0 Å². The van der Waals surface area contributed by atoms with Crippen LogP contribution in [0.25, 0.3) is 0 Å². The standard InChI is InChI=1S/C14H32N2OS/c1-8-15-13(14(3,4)17-6)9-10-16(5)12(2)11-18-7/h12-13,15H,8-11H2,1-7H3. The van der Waals surface area contributed by atoms with Crippen LogP contribution in [0.2, 0.25) is 0 Å². The van der Waals surface area contributed by atoms with Gasteiger partial charge >= 0.3 is 0 Å². The Hall–Kier alpha value is 0.230. The number of likely N-dealkylation sites (N-methyl/N-ethyl adjacent to an activating group) is 1. The van der Waals surface area contributed by atoms with Gasteiger partial charge in [-0.25, -0.2) is 0 Å². The van der Waals surface area contributed by atoms with E-state index < -0.39 is 0 Å². The number of ether oxygens (including phenoxy) is 1. The molecule has 0 saturated carbocycles. The molecule has 4 heteroatoms. The molecule has 0 aromatic heterocycles. The summed E-state index contributed by atoms with van der Waals surface area (Å²) in [4.78, 5) is 2.44. The lowest BCUT2D eigenvalue weighted by Gasteiger charge is -2.35. The summed E-state index contributed by atoms with van der Waals surface area (Å²) in [6, 6.07) is 1.03. The van der Waals surface area contributed by atoms with Gasteiger partial charge in [-0.2, -0.15) is 11.8 Å². The monoisotopic (exact) mass is 276 g/mol. The highest BCUT2D eigenvalue weighted by Crippen LogP contribution is 2.17. The van der Waals surface area contributed by atoms with Gasteiger partial charge in [0.1, 0.15) is 0 Å². The molecule has 0 fully saturated rings. The molecule has 0 aromatic rings. The van der Waals surface area contributed by atoms with Crippen LogP contribution >= 0.6 is 11.8 Å². The fourth-order valence-corrected chi connectivity index (χ4v) is 2.74. The molecule has 18 heavy (non-hydrogen) atoms. The lowest BCUT2D eigenvalue weighted by Crippen LogP contribution is -2.50. The quantitative estimate of drug-likeness (QED) is 0.662. The van der Waals surface area contributed by atoms with Crippen molar-refractivity contribution in [3.05, 3.63) is 0 Å². The number of nitrogens with one attached hydrogen (secondary N) is 1. The van der Waals surface area contributed by atoms with Gasteiger partial charge < -0.3 is 15.0 Å². The maximum Gasteiger partial charge on any atom is 0.0775 e. The number of hydrogen-bond acceptors (Lipinski definition) is 4. The van der Waals surface area contributed by atoms with E-state index in [1.807, 2.05) is 11.8 Å². The molecule has 0 bridgehead atoms. The van der Waals surface area contributed by atoms with E-state index >= 15 is 0 Å². The first-order chi connectivity index (χ1) is 8.38. The topological polar surface area (TPSA) is 24.5 Å². The normalized spacial score (nSPS) is 16.0. The molecule has 0 rings (SSSR count). The molecule has 3 nitrogen and oxygen atoms in total. The van der Waals surface area contributed by atoms with E-state index in [-0.39, 0.29) is 5.60 Å². The fraction of sp³-hybridized carbons (Fsp3) is 1.00. The third-order valence-corrected chi connectivity index (χ3v) is 4.56. The van der Waals surface area contributed by atoms with E-state index in [0.29, 0.717) is 12.1 Å². The average molecular weight is 276 g/mol. The first-order valence-corrected chi connectivity index (χ1v) is 8.26. The number of methoxy groups -OCH3 is 1. The zero-order valence-electron chi connectivity index (χ0n) is 13.2. The molecule has 0 aliphatic heterocycles. The van der Waals surface area contributed by atoms with Crippen molar-refractivity contribution in [2.24, 2.45) is 0 Å². The molecule has 110 valence electrons. The van der Waals surface area contributed by atoms with Crippen LogP contribution < -0.4 is 5.32 Å². The Morgan fingerprint density at radius 3 is 2.44 bits per heavy atom. The van der Waals surface area contributed by atoms with E-state index in [0.717, 1.165) is 19.5 Å². The second-order valence-corrected chi connectivity index (χ2v) is 6.40. The molecule has 1 N–H and O–H groups in total. The summed E-state index contributed by atoms with van der Waals surface area (Å²) in [7, 11) is 4.01. The van der Waals surface area contributed by atoms with E-state index in [1.54, 1.807) is 7.11 Å². The molecule has 0 aromatic carbocycles. The van der Waals surface area contributed by atoms with Gasteiger partial charge in [-0.05, 0) is 53.6 Å². The minimum absolute atomic E-state index is 0.112. The highest BCUT2D eigenvalue weighted by molar-refractivity contribution is 7.98. The lowest BCUT2D eigenvalue weighted by molar-refractivity contribution is -0.0144. The van der Waals surface area contributed by atoms with E-state index in [4.69, 9.17) is 4.74 Å². The van der Waals surface area contributed by atoms with E-state index in [9.17, 15) is 0 Å². The third kappa shape index (κ3) is 6.41. The predicted molar refractivity (Wildman–Crippen MR) is 83.6 cm³/mol. The molecular weight excluding hydrogens is 244 g/mol. The van der Waals surface area contributed by atoms with Crippen LogP contribution in [-0.2, 0) is 4.74 Å². The van der Waals surface area contributed by atoms with Crippen molar-refractivity contribution in [1.82, 2.24) is 10.2 Å². The van der Waals surface area contributed by atoms with E-state index in [2.05, 4.69) is 51.2 Å². The Morgan fingerprint density at radius 2 is 2.00 bits per heavy atom. The molecule has 0 aliphatic carbocycles. The van der Waals surface area contributed by atoms with Crippen LogP contribution in [-0.4, -0.2) is 61.8 Å². The summed E-state index contributed by atoms with van der Waals surface area (Å²) in [6.07, 6.45) is 3.28. The fourth-order valence-electron chi connectivity index (χ4n) is 2.01. The van der Waals surface area contributed by atoms with Crippen LogP contribution in [0, 0.1) is 0 Å². The first kappa shape index (κ1) is 18.2. The van der Waals surface area contributed by atoms with Gasteiger partial charge in [0.15, 0.2) is 0 Å². The van der Waals surface area contributed by atoms with Crippen molar-refractivity contribution in [2.75, 3.05) is 39.3 Å².